The first-order valence-electron chi connectivity index (χ1n) is 31.8. The van der Waals surface area contributed by atoms with Crippen molar-refractivity contribution in [2.75, 3.05) is 13.2 Å². The highest BCUT2D eigenvalue weighted by atomic mass is 16.6. The van der Waals surface area contributed by atoms with Gasteiger partial charge in [0.1, 0.15) is 13.2 Å². The number of carbonyl (C=O) groups is 3. The van der Waals surface area contributed by atoms with Gasteiger partial charge < -0.3 is 14.2 Å². The van der Waals surface area contributed by atoms with Crippen molar-refractivity contribution in [3.05, 3.63) is 24.3 Å². The van der Waals surface area contributed by atoms with Crippen molar-refractivity contribution in [3.63, 3.8) is 0 Å². The fourth-order valence-electron chi connectivity index (χ4n) is 9.61. The van der Waals surface area contributed by atoms with E-state index in [0.29, 0.717) is 19.3 Å². The lowest BCUT2D eigenvalue weighted by Gasteiger charge is -2.18. The average molecular weight is 1000 g/mol. The van der Waals surface area contributed by atoms with Crippen LogP contribution in [0.2, 0.25) is 0 Å². The molecule has 0 aromatic heterocycles. The highest BCUT2D eigenvalue weighted by Crippen LogP contribution is 2.17. The minimum Gasteiger partial charge on any atom is -0.462 e. The SMILES string of the molecule is CCCCCCCCCCC/C=C\CCCCCCCC(=O)OCC(COC(=O)CCCCCCCCCCCCCCCCCCC)OC(=O)CCCCCCC/C=C\CCCCCCCCCCC. The van der Waals surface area contributed by atoms with Crippen molar-refractivity contribution in [1.82, 2.24) is 0 Å². The molecule has 71 heavy (non-hydrogen) atoms. The predicted molar refractivity (Wildman–Crippen MR) is 307 cm³/mol. The van der Waals surface area contributed by atoms with Crippen molar-refractivity contribution in [2.24, 2.45) is 0 Å². The number of rotatable bonds is 59. The molecular formula is C65H122O6. The maximum absolute atomic E-state index is 12.9. The summed E-state index contributed by atoms with van der Waals surface area (Å²) in [5.74, 6) is -0.863. The van der Waals surface area contributed by atoms with E-state index in [1.54, 1.807) is 0 Å². The Morgan fingerprint density at radius 1 is 0.268 bits per heavy atom. The second-order valence-corrected chi connectivity index (χ2v) is 21.7. The van der Waals surface area contributed by atoms with E-state index in [1.807, 2.05) is 0 Å². The summed E-state index contributed by atoms with van der Waals surface area (Å²) < 4.78 is 16.9. The van der Waals surface area contributed by atoms with Gasteiger partial charge in [-0.15, -0.1) is 0 Å². The van der Waals surface area contributed by atoms with Gasteiger partial charge >= 0.3 is 17.9 Å². The van der Waals surface area contributed by atoms with Crippen LogP contribution in [0.15, 0.2) is 24.3 Å². The zero-order valence-corrected chi connectivity index (χ0v) is 48.0. The number of carbonyl (C=O) groups excluding carboxylic acids is 3. The normalized spacial score (nSPS) is 12.1. The molecule has 0 bridgehead atoms. The topological polar surface area (TPSA) is 78.9 Å². The second-order valence-electron chi connectivity index (χ2n) is 21.7. The summed E-state index contributed by atoms with van der Waals surface area (Å²) in [6.45, 7) is 6.69. The highest BCUT2D eigenvalue weighted by Gasteiger charge is 2.19. The van der Waals surface area contributed by atoms with Crippen LogP contribution < -0.4 is 0 Å². The van der Waals surface area contributed by atoms with Crippen molar-refractivity contribution in [2.45, 2.75) is 361 Å². The van der Waals surface area contributed by atoms with E-state index >= 15 is 0 Å². The van der Waals surface area contributed by atoms with Gasteiger partial charge in [0.05, 0.1) is 0 Å². The van der Waals surface area contributed by atoms with Crippen LogP contribution in [0.4, 0.5) is 0 Å². The molecule has 0 fully saturated rings. The van der Waals surface area contributed by atoms with Gasteiger partial charge in [-0.2, -0.15) is 0 Å². The fraction of sp³-hybridized carbons (Fsp3) is 0.892. The molecule has 0 saturated carbocycles. The van der Waals surface area contributed by atoms with E-state index in [-0.39, 0.29) is 31.1 Å². The molecule has 0 spiro atoms. The Labute approximate surface area is 443 Å². The van der Waals surface area contributed by atoms with Gasteiger partial charge in [0.25, 0.3) is 0 Å². The summed E-state index contributed by atoms with van der Waals surface area (Å²) in [4.78, 5) is 38.3. The summed E-state index contributed by atoms with van der Waals surface area (Å²) in [6.07, 6.45) is 71.8. The van der Waals surface area contributed by atoms with Crippen molar-refractivity contribution in [1.29, 1.82) is 0 Å². The first kappa shape index (κ1) is 68.9. The molecule has 418 valence electrons. The van der Waals surface area contributed by atoms with Gasteiger partial charge in [-0.1, -0.05) is 289 Å². The molecule has 0 aliphatic carbocycles. The second kappa shape index (κ2) is 60.4. The van der Waals surface area contributed by atoms with E-state index in [4.69, 9.17) is 14.2 Å². The Morgan fingerprint density at radius 2 is 0.465 bits per heavy atom. The zero-order chi connectivity index (χ0) is 51.4. The summed E-state index contributed by atoms with van der Waals surface area (Å²) >= 11 is 0. The van der Waals surface area contributed by atoms with Crippen LogP contribution in [-0.2, 0) is 28.6 Å². The molecule has 6 heteroatoms. The molecule has 0 N–H and O–H groups in total. The lowest BCUT2D eigenvalue weighted by molar-refractivity contribution is -0.167. The third-order valence-electron chi connectivity index (χ3n) is 14.4. The molecule has 0 saturated heterocycles. The largest absolute Gasteiger partial charge is 0.462 e. The summed E-state index contributed by atoms with van der Waals surface area (Å²) in [5, 5.41) is 0. The number of esters is 3. The van der Waals surface area contributed by atoms with E-state index in [1.165, 1.54) is 244 Å². The van der Waals surface area contributed by atoms with Crippen LogP contribution >= 0.6 is 0 Å². The van der Waals surface area contributed by atoms with Gasteiger partial charge in [-0.3, -0.25) is 14.4 Å². The van der Waals surface area contributed by atoms with E-state index in [9.17, 15) is 14.4 Å². The molecule has 0 aliphatic rings. The van der Waals surface area contributed by atoms with Gasteiger partial charge in [-0.25, -0.2) is 0 Å². The molecule has 6 nitrogen and oxygen atoms in total. The van der Waals surface area contributed by atoms with Crippen molar-refractivity contribution < 1.29 is 28.6 Å². The van der Waals surface area contributed by atoms with Crippen LogP contribution in [0.5, 0.6) is 0 Å². The third-order valence-corrected chi connectivity index (χ3v) is 14.4. The minimum absolute atomic E-state index is 0.0723. The predicted octanol–water partition coefficient (Wildman–Crippen LogP) is 21.4. The van der Waals surface area contributed by atoms with E-state index in [0.717, 1.165) is 70.6 Å². The number of allylic oxidation sites excluding steroid dienone is 4. The quantitative estimate of drug-likeness (QED) is 0.0261. The van der Waals surface area contributed by atoms with Crippen molar-refractivity contribution >= 4 is 17.9 Å². The highest BCUT2D eigenvalue weighted by molar-refractivity contribution is 5.71. The fourth-order valence-corrected chi connectivity index (χ4v) is 9.61. The minimum atomic E-state index is -0.776. The Bertz CT molecular complexity index is 1150. The molecule has 0 rings (SSSR count). The van der Waals surface area contributed by atoms with Crippen LogP contribution in [-0.4, -0.2) is 37.2 Å². The monoisotopic (exact) mass is 999 g/mol. The maximum atomic E-state index is 12.9. The Morgan fingerprint density at radius 3 is 0.704 bits per heavy atom. The summed E-state index contributed by atoms with van der Waals surface area (Å²) in [6, 6.07) is 0. The van der Waals surface area contributed by atoms with Crippen LogP contribution in [0.3, 0.4) is 0 Å². The van der Waals surface area contributed by atoms with Gasteiger partial charge in [0, 0.05) is 19.3 Å². The van der Waals surface area contributed by atoms with Crippen LogP contribution in [0.1, 0.15) is 355 Å². The Kier molecular flexibility index (Phi) is 58.6. The van der Waals surface area contributed by atoms with Gasteiger partial charge in [0.2, 0.25) is 0 Å². The first-order chi connectivity index (χ1) is 35.0. The molecule has 1 atom stereocenters. The molecule has 0 amide bonds. The lowest BCUT2D eigenvalue weighted by atomic mass is 10.0. The number of hydrogen-bond donors (Lipinski definition) is 0. The molecule has 0 heterocycles. The molecule has 0 aliphatic heterocycles. The summed E-state index contributed by atoms with van der Waals surface area (Å²) in [5.41, 5.74) is 0. The van der Waals surface area contributed by atoms with Gasteiger partial charge in [0.15, 0.2) is 6.10 Å². The smallest absolute Gasteiger partial charge is 0.306 e. The van der Waals surface area contributed by atoms with Crippen LogP contribution in [0, 0.1) is 0 Å². The number of unbranched alkanes of at least 4 members (excludes halogenated alkanes) is 44. The number of hydrogen-bond acceptors (Lipinski definition) is 6. The lowest BCUT2D eigenvalue weighted by Crippen LogP contribution is -2.30. The average Bonchev–Trinajstić information content (AvgIpc) is 3.37. The van der Waals surface area contributed by atoms with Crippen molar-refractivity contribution in [3.8, 4) is 0 Å². The molecule has 1 unspecified atom stereocenters. The summed E-state index contributed by atoms with van der Waals surface area (Å²) in [7, 11) is 0. The Balaban J connectivity index is 4.35. The van der Waals surface area contributed by atoms with Crippen LogP contribution in [0.25, 0.3) is 0 Å². The standard InChI is InChI=1S/C65H122O6/c1-4-7-10-13-16-19-22-25-28-31-34-37-40-43-46-49-52-55-58-64(67)70-61-62(60-69-63(66)57-54-51-48-45-42-39-36-33-30-27-24-21-18-15-12-9-6-3)71-65(68)59-56-53-50-47-44-41-38-35-32-29-26-23-20-17-14-11-8-5-2/h34-35,37-38,62H,4-33,36,39-61H2,1-3H3/b37-34-,38-35-. The molecule has 0 aromatic rings. The van der Waals surface area contributed by atoms with Gasteiger partial charge in [-0.05, 0) is 70.6 Å². The van der Waals surface area contributed by atoms with E-state index < -0.39 is 6.10 Å². The molecule has 0 radical (unpaired) electrons. The third kappa shape index (κ3) is 58.7. The first-order valence-corrected chi connectivity index (χ1v) is 31.8. The molecular weight excluding hydrogens is 877 g/mol. The zero-order valence-electron chi connectivity index (χ0n) is 48.0. The number of ether oxygens (including phenoxy) is 3. The maximum Gasteiger partial charge on any atom is 0.306 e. The molecule has 0 aromatic carbocycles. The Hall–Kier alpha value is -2.11. The van der Waals surface area contributed by atoms with E-state index in [2.05, 4.69) is 45.1 Å².